The van der Waals surface area contributed by atoms with E-state index in [9.17, 15) is 14.4 Å². The highest BCUT2D eigenvalue weighted by Crippen LogP contribution is 2.30. The number of carbonyl (C=O) groups is 3. The summed E-state index contributed by atoms with van der Waals surface area (Å²) in [6.07, 6.45) is 5.60. The molecule has 3 amide bonds. The quantitative estimate of drug-likeness (QED) is 0.765. The summed E-state index contributed by atoms with van der Waals surface area (Å²) in [6, 6.07) is 4.78. The predicted molar refractivity (Wildman–Crippen MR) is 98.6 cm³/mol. The van der Waals surface area contributed by atoms with Crippen LogP contribution in [0.1, 0.15) is 37.7 Å². The number of nitrogens with one attached hydrogen (secondary N) is 2. The molecule has 0 bridgehead atoms. The van der Waals surface area contributed by atoms with Crippen LogP contribution in [0.2, 0.25) is 5.02 Å². The highest BCUT2D eigenvalue weighted by molar-refractivity contribution is 6.30. The summed E-state index contributed by atoms with van der Waals surface area (Å²) in [5.41, 5.74) is 0.826. The number of amides is 3. The van der Waals surface area contributed by atoms with E-state index in [-0.39, 0.29) is 12.6 Å². The number of urea groups is 1. The Kier molecular flexibility index (Phi) is 6.55. The molecule has 146 valence electrons. The molecule has 8 heteroatoms. The number of halogens is 1. The molecule has 0 aromatic heterocycles. The number of rotatable bonds is 4. The Morgan fingerprint density at radius 1 is 1.19 bits per heavy atom. The van der Waals surface area contributed by atoms with Crippen LogP contribution in [0.4, 0.5) is 4.79 Å². The second-order valence-corrected chi connectivity index (χ2v) is 7.36. The maximum atomic E-state index is 12.2. The van der Waals surface area contributed by atoms with Gasteiger partial charge in [0.2, 0.25) is 0 Å². The Hall–Kier alpha value is -2.28. The molecule has 27 heavy (non-hydrogen) atoms. The Bertz CT molecular complexity index is 718. The summed E-state index contributed by atoms with van der Waals surface area (Å²) in [6.45, 7) is -0.326. The van der Waals surface area contributed by atoms with Gasteiger partial charge in [-0.2, -0.15) is 0 Å². The van der Waals surface area contributed by atoms with Gasteiger partial charge in [-0.1, -0.05) is 30.9 Å². The molecule has 1 aromatic carbocycles. The molecule has 0 spiro atoms. The summed E-state index contributed by atoms with van der Waals surface area (Å²) >= 11 is 5.96. The first kappa shape index (κ1) is 19.5. The van der Waals surface area contributed by atoms with Crippen LogP contribution in [0.15, 0.2) is 18.2 Å². The molecule has 3 rings (SSSR count). The summed E-state index contributed by atoms with van der Waals surface area (Å²) in [5.74, 6) is -1.01. The van der Waals surface area contributed by atoms with E-state index in [2.05, 4.69) is 10.6 Å². The Morgan fingerprint density at radius 2 is 1.96 bits per heavy atom. The zero-order valence-corrected chi connectivity index (χ0v) is 15.7. The number of benzene rings is 1. The summed E-state index contributed by atoms with van der Waals surface area (Å²) in [7, 11) is 0. The zero-order valence-electron chi connectivity index (χ0n) is 15.0. The molecule has 0 saturated heterocycles. The fourth-order valence-corrected chi connectivity index (χ4v) is 3.59. The van der Waals surface area contributed by atoms with Gasteiger partial charge in [0, 0.05) is 11.1 Å². The summed E-state index contributed by atoms with van der Waals surface area (Å²) in [5, 5.41) is 5.53. The van der Waals surface area contributed by atoms with Gasteiger partial charge in [0.05, 0.1) is 5.92 Å². The average molecular weight is 395 g/mol. The minimum Gasteiger partial charge on any atom is -0.492 e. The van der Waals surface area contributed by atoms with Gasteiger partial charge in [0.15, 0.2) is 6.61 Å². The number of esters is 1. The van der Waals surface area contributed by atoms with Crippen LogP contribution in [-0.2, 0) is 20.7 Å². The van der Waals surface area contributed by atoms with Crippen LogP contribution < -0.4 is 15.4 Å². The van der Waals surface area contributed by atoms with E-state index >= 15 is 0 Å². The van der Waals surface area contributed by atoms with Gasteiger partial charge in [0.1, 0.15) is 12.4 Å². The Balaban J connectivity index is 1.41. The smallest absolute Gasteiger partial charge is 0.321 e. The molecule has 2 aliphatic rings. The molecule has 2 N–H and O–H groups in total. The van der Waals surface area contributed by atoms with Gasteiger partial charge in [-0.25, -0.2) is 4.79 Å². The van der Waals surface area contributed by atoms with Crippen molar-refractivity contribution in [3.8, 4) is 5.75 Å². The van der Waals surface area contributed by atoms with Crippen LogP contribution in [0.5, 0.6) is 5.75 Å². The standard InChI is InChI=1S/C19H23ClN2O5/c20-14-6-7-16-12(9-14)8-13(10-26-16)18(24)27-11-17(23)22-19(25)21-15-4-2-1-3-5-15/h6-7,9,13,15H,1-5,8,10-11H2,(H2,21,22,23,25)/t13-/m0/s1. The SMILES string of the molecule is O=C(COC(=O)[C@@H]1COc2ccc(Cl)cc2C1)NC(=O)NC1CCCCC1. The van der Waals surface area contributed by atoms with Crippen LogP contribution in [0, 0.1) is 5.92 Å². The lowest BCUT2D eigenvalue weighted by atomic mass is 9.96. The van der Waals surface area contributed by atoms with E-state index in [0.717, 1.165) is 31.2 Å². The van der Waals surface area contributed by atoms with E-state index in [0.29, 0.717) is 17.2 Å². The second kappa shape index (κ2) is 9.08. The predicted octanol–water partition coefficient (Wildman–Crippen LogP) is 2.59. The number of hydrogen-bond donors (Lipinski definition) is 2. The molecular weight excluding hydrogens is 372 g/mol. The van der Waals surface area contributed by atoms with Crippen LogP contribution >= 0.6 is 11.6 Å². The van der Waals surface area contributed by atoms with Crippen LogP contribution in [0.3, 0.4) is 0 Å². The molecule has 1 heterocycles. The highest BCUT2D eigenvalue weighted by Gasteiger charge is 2.28. The first-order valence-corrected chi connectivity index (χ1v) is 9.57. The summed E-state index contributed by atoms with van der Waals surface area (Å²) < 4.78 is 10.6. The first-order valence-electron chi connectivity index (χ1n) is 9.19. The average Bonchev–Trinajstić information content (AvgIpc) is 2.66. The van der Waals surface area contributed by atoms with Crippen molar-refractivity contribution < 1.29 is 23.9 Å². The lowest BCUT2D eigenvalue weighted by molar-refractivity contribution is -0.153. The van der Waals surface area contributed by atoms with Gasteiger partial charge in [0.25, 0.3) is 5.91 Å². The van der Waals surface area contributed by atoms with Crippen molar-refractivity contribution in [3.05, 3.63) is 28.8 Å². The first-order chi connectivity index (χ1) is 13.0. The zero-order chi connectivity index (χ0) is 19.2. The van der Waals surface area contributed by atoms with Gasteiger partial charge in [-0.3, -0.25) is 14.9 Å². The molecule has 0 radical (unpaired) electrons. The fourth-order valence-electron chi connectivity index (χ4n) is 3.40. The number of carbonyl (C=O) groups excluding carboxylic acids is 3. The van der Waals surface area contributed by atoms with Crippen molar-refractivity contribution in [2.75, 3.05) is 13.2 Å². The minimum absolute atomic E-state index is 0.0976. The van der Waals surface area contributed by atoms with Crippen LogP contribution in [0.25, 0.3) is 0 Å². The maximum absolute atomic E-state index is 12.2. The van der Waals surface area contributed by atoms with Crippen molar-refractivity contribution in [2.24, 2.45) is 5.92 Å². The molecule has 1 saturated carbocycles. The van der Waals surface area contributed by atoms with Gasteiger partial charge >= 0.3 is 12.0 Å². The van der Waals surface area contributed by atoms with Crippen molar-refractivity contribution in [1.82, 2.24) is 10.6 Å². The van der Waals surface area contributed by atoms with E-state index in [1.165, 1.54) is 6.42 Å². The van der Waals surface area contributed by atoms with E-state index < -0.39 is 30.4 Å². The van der Waals surface area contributed by atoms with Gasteiger partial charge in [-0.15, -0.1) is 0 Å². The molecule has 0 unspecified atom stereocenters. The number of ether oxygens (including phenoxy) is 2. The number of imide groups is 1. The van der Waals surface area contributed by atoms with Crippen molar-refractivity contribution in [3.63, 3.8) is 0 Å². The monoisotopic (exact) mass is 394 g/mol. The molecule has 1 fully saturated rings. The Morgan fingerprint density at radius 3 is 2.74 bits per heavy atom. The third-order valence-electron chi connectivity index (χ3n) is 4.80. The largest absolute Gasteiger partial charge is 0.492 e. The lowest BCUT2D eigenvalue weighted by Crippen LogP contribution is -2.46. The van der Waals surface area contributed by atoms with Crippen molar-refractivity contribution in [1.29, 1.82) is 0 Å². The highest BCUT2D eigenvalue weighted by atomic mass is 35.5. The third-order valence-corrected chi connectivity index (χ3v) is 5.04. The molecule has 7 nitrogen and oxygen atoms in total. The summed E-state index contributed by atoms with van der Waals surface area (Å²) in [4.78, 5) is 35.8. The maximum Gasteiger partial charge on any atom is 0.321 e. The van der Waals surface area contributed by atoms with Gasteiger partial charge in [-0.05, 0) is 43.0 Å². The van der Waals surface area contributed by atoms with Crippen molar-refractivity contribution >= 4 is 29.5 Å². The third kappa shape index (κ3) is 5.60. The normalized spacial score (nSPS) is 19.4. The Labute approximate surface area is 162 Å². The molecule has 1 atom stereocenters. The second-order valence-electron chi connectivity index (χ2n) is 6.93. The molecule has 1 aliphatic heterocycles. The van der Waals surface area contributed by atoms with E-state index in [4.69, 9.17) is 21.1 Å². The number of hydrogen-bond acceptors (Lipinski definition) is 5. The fraction of sp³-hybridized carbons (Fsp3) is 0.526. The molecular formula is C19H23ClN2O5. The number of fused-ring (bicyclic) bond motifs is 1. The topological polar surface area (TPSA) is 93.7 Å². The van der Waals surface area contributed by atoms with Gasteiger partial charge < -0.3 is 14.8 Å². The minimum atomic E-state index is -0.656. The van der Waals surface area contributed by atoms with E-state index in [1.54, 1.807) is 18.2 Å². The van der Waals surface area contributed by atoms with E-state index in [1.807, 2.05) is 0 Å². The van der Waals surface area contributed by atoms with Crippen molar-refractivity contribution in [2.45, 2.75) is 44.6 Å². The lowest BCUT2D eigenvalue weighted by Gasteiger charge is -2.24. The molecule has 1 aromatic rings. The molecule has 1 aliphatic carbocycles. The van der Waals surface area contributed by atoms with Crippen LogP contribution in [-0.4, -0.2) is 37.2 Å².